The minimum Gasteiger partial charge on any atom is -0.206 e. The van der Waals surface area contributed by atoms with Crippen molar-refractivity contribution in [2.45, 2.75) is 31.6 Å². The molecular weight excluding hydrogens is 381 g/mol. The van der Waals surface area contributed by atoms with E-state index in [1.54, 1.807) is 18.2 Å². The van der Waals surface area contributed by atoms with E-state index >= 15 is 4.39 Å². The Labute approximate surface area is 167 Å². The van der Waals surface area contributed by atoms with Crippen molar-refractivity contribution in [1.29, 1.82) is 0 Å². The lowest BCUT2D eigenvalue weighted by molar-refractivity contribution is 0.376. The Bertz CT molecular complexity index is 1030. The summed E-state index contributed by atoms with van der Waals surface area (Å²) >= 11 is 5.53. The normalized spacial score (nSPS) is 19.7. The molecule has 1 aliphatic carbocycles. The van der Waals surface area contributed by atoms with Crippen LogP contribution in [0.3, 0.4) is 0 Å². The second-order valence-electron chi connectivity index (χ2n) is 7.51. The van der Waals surface area contributed by atoms with Crippen LogP contribution in [0.5, 0.6) is 0 Å². The van der Waals surface area contributed by atoms with Gasteiger partial charge in [-0.3, -0.25) is 0 Å². The van der Waals surface area contributed by atoms with Gasteiger partial charge in [-0.05, 0) is 66.2 Å². The molecule has 0 aliphatic heterocycles. The molecule has 3 aromatic rings. The smallest absolute Gasteiger partial charge is 0.145 e. The molecule has 28 heavy (non-hydrogen) atoms. The molecule has 0 atom stereocenters. The van der Waals surface area contributed by atoms with Crippen LogP contribution in [-0.2, 0) is 0 Å². The zero-order valence-electron chi connectivity index (χ0n) is 15.3. The quantitative estimate of drug-likeness (QED) is 0.308. The molecule has 0 amide bonds. The standard InChI is InChI=1S/C24H20ClF3/c1-2-14-3-5-15(6-4-14)16-7-9-19-17(11-16)8-10-20(24(19)28)18-12-21(26)23(25)22(27)13-18/h2,7-15H,1,3-6H2/t14-,15-. The van der Waals surface area contributed by atoms with Gasteiger partial charge in [0.1, 0.15) is 22.5 Å². The van der Waals surface area contributed by atoms with Crippen LogP contribution < -0.4 is 0 Å². The van der Waals surface area contributed by atoms with Crippen LogP contribution in [-0.4, -0.2) is 0 Å². The van der Waals surface area contributed by atoms with Crippen molar-refractivity contribution in [2.75, 3.05) is 0 Å². The van der Waals surface area contributed by atoms with Crippen LogP contribution in [0.1, 0.15) is 37.2 Å². The summed E-state index contributed by atoms with van der Waals surface area (Å²) < 4.78 is 42.7. The monoisotopic (exact) mass is 400 g/mol. The molecular formula is C24H20ClF3. The maximum Gasteiger partial charge on any atom is 0.145 e. The molecule has 0 saturated heterocycles. The van der Waals surface area contributed by atoms with Crippen LogP contribution >= 0.6 is 11.6 Å². The molecule has 0 N–H and O–H groups in total. The lowest BCUT2D eigenvalue weighted by Gasteiger charge is -2.27. The van der Waals surface area contributed by atoms with Gasteiger partial charge >= 0.3 is 0 Å². The lowest BCUT2D eigenvalue weighted by Crippen LogP contribution is -2.11. The Morgan fingerprint density at radius 2 is 1.57 bits per heavy atom. The Kier molecular flexibility index (Phi) is 5.20. The van der Waals surface area contributed by atoms with Crippen LogP contribution in [0.4, 0.5) is 13.2 Å². The first-order chi connectivity index (χ1) is 13.5. The predicted molar refractivity (Wildman–Crippen MR) is 109 cm³/mol. The molecule has 0 heterocycles. The summed E-state index contributed by atoms with van der Waals surface area (Å²) in [4.78, 5) is 0. The van der Waals surface area contributed by atoms with Crippen molar-refractivity contribution >= 4 is 22.4 Å². The largest absolute Gasteiger partial charge is 0.206 e. The number of benzene rings is 3. The highest BCUT2D eigenvalue weighted by molar-refractivity contribution is 6.31. The maximum atomic E-state index is 15.1. The van der Waals surface area contributed by atoms with Crippen LogP contribution in [0.2, 0.25) is 5.02 Å². The molecule has 4 rings (SSSR count). The third-order valence-corrected chi connectivity index (χ3v) is 6.21. The van der Waals surface area contributed by atoms with E-state index < -0.39 is 22.5 Å². The average molecular weight is 401 g/mol. The summed E-state index contributed by atoms with van der Waals surface area (Å²) in [6.07, 6.45) is 6.51. The highest BCUT2D eigenvalue weighted by Crippen LogP contribution is 2.38. The zero-order valence-corrected chi connectivity index (χ0v) is 16.1. The maximum absolute atomic E-state index is 15.1. The topological polar surface area (TPSA) is 0 Å². The van der Waals surface area contributed by atoms with Gasteiger partial charge < -0.3 is 0 Å². The van der Waals surface area contributed by atoms with Gasteiger partial charge in [0.2, 0.25) is 0 Å². The number of rotatable bonds is 3. The van der Waals surface area contributed by atoms with E-state index in [0.717, 1.165) is 43.2 Å². The molecule has 144 valence electrons. The fourth-order valence-electron chi connectivity index (χ4n) is 4.19. The molecule has 0 spiro atoms. The molecule has 0 nitrogen and oxygen atoms in total. The fourth-order valence-corrected chi connectivity index (χ4v) is 4.30. The highest BCUT2D eigenvalue weighted by atomic mass is 35.5. The first kappa shape index (κ1) is 19.1. The molecule has 1 aliphatic rings. The summed E-state index contributed by atoms with van der Waals surface area (Å²) in [5.41, 5.74) is 1.50. The zero-order chi connectivity index (χ0) is 19.8. The second-order valence-corrected chi connectivity index (χ2v) is 7.89. The molecule has 1 fully saturated rings. The lowest BCUT2D eigenvalue weighted by atomic mass is 9.78. The fraction of sp³-hybridized carbons (Fsp3) is 0.250. The van der Waals surface area contributed by atoms with E-state index in [2.05, 4.69) is 6.58 Å². The van der Waals surface area contributed by atoms with Gasteiger partial charge in [-0.15, -0.1) is 6.58 Å². The minimum absolute atomic E-state index is 0.130. The van der Waals surface area contributed by atoms with Gasteiger partial charge in [-0.25, -0.2) is 13.2 Å². The van der Waals surface area contributed by atoms with Crippen molar-refractivity contribution in [3.05, 3.63) is 83.2 Å². The molecule has 3 aromatic carbocycles. The third kappa shape index (κ3) is 3.44. The first-order valence-corrected chi connectivity index (χ1v) is 9.85. The van der Waals surface area contributed by atoms with E-state index in [0.29, 0.717) is 17.2 Å². The Hall–Kier alpha value is -2.26. The summed E-state index contributed by atoms with van der Waals surface area (Å²) in [6.45, 7) is 3.89. The van der Waals surface area contributed by atoms with Gasteiger partial charge in [0.15, 0.2) is 0 Å². The summed E-state index contributed by atoms with van der Waals surface area (Å²) in [6, 6.07) is 11.3. The number of hydrogen-bond acceptors (Lipinski definition) is 0. The summed E-state index contributed by atoms with van der Waals surface area (Å²) in [5.74, 6) is -1.22. The van der Waals surface area contributed by atoms with Crippen molar-refractivity contribution < 1.29 is 13.2 Å². The Morgan fingerprint density at radius 3 is 2.21 bits per heavy atom. The number of hydrogen-bond donors (Lipinski definition) is 0. The van der Waals surface area contributed by atoms with Crippen molar-refractivity contribution in [2.24, 2.45) is 5.92 Å². The molecule has 0 bridgehead atoms. The second kappa shape index (κ2) is 7.63. The average Bonchev–Trinajstić information content (AvgIpc) is 2.72. The van der Waals surface area contributed by atoms with Gasteiger partial charge in [-0.2, -0.15) is 0 Å². The van der Waals surface area contributed by atoms with E-state index in [1.807, 2.05) is 18.2 Å². The number of fused-ring (bicyclic) bond motifs is 1. The van der Waals surface area contributed by atoms with Crippen molar-refractivity contribution in [1.82, 2.24) is 0 Å². The third-order valence-electron chi connectivity index (χ3n) is 5.85. The molecule has 4 heteroatoms. The molecule has 0 unspecified atom stereocenters. The predicted octanol–water partition coefficient (Wildman–Crippen LogP) is 8.04. The van der Waals surface area contributed by atoms with Crippen LogP contribution in [0, 0.1) is 23.4 Å². The summed E-state index contributed by atoms with van der Waals surface area (Å²) in [7, 11) is 0. The van der Waals surface area contributed by atoms with Gasteiger partial charge in [-0.1, -0.05) is 48.0 Å². The molecule has 0 radical (unpaired) electrons. The van der Waals surface area contributed by atoms with E-state index in [9.17, 15) is 8.78 Å². The Balaban J connectivity index is 1.70. The number of allylic oxidation sites excluding steroid dienone is 1. The molecule has 0 aromatic heterocycles. The van der Waals surface area contributed by atoms with Crippen LogP contribution in [0.15, 0.2) is 55.1 Å². The van der Waals surface area contributed by atoms with Crippen LogP contribution in [0.25, 0.3) is 21.9 Å². The van der Waals surface area contributed by atoms with E-state index in [4.69, 9.17) is 11.6 Å². The Morgan fingerprint density at radius 1 is 0.893 bits per heavy atom. The number of halogens is 4. The molecule has 1 saturated carbocycles. The van der Waals surface area contributed by atoms with Gasteiger partial charge in [0, 0.05) is 10.9 Å². The highest BCUT2D eigenvalue weighted by Gasteiger charge is 2.21. The van der Waals surface area contributed by atoms with Gasteiger partial charge in [0.25, 0.3) is 0 Å². The minimum atomic E-state index is -0.901. The summed E-state index contributed by atoms with van der Waals surface area (Å²) in [5, 5.41) is 0.650. The van der Waals surface area contributed by atoms with E-state index in [-0.39, 0.29) is 11.1 Å². The van der Waals surface area contributed by atoms with E-state index in [1.165, 1.54) is 5.56 Å². The SMILES string of the molecule is C=C[C@H]1CC[C@H](c2ccc3c(F)c(-c4cc(F)c(Cl)c(F)c4)ccc3c2)CC1. The van der Waals surface area contributed by atoms with Crippen molar-refractivity contribution in [3.8, 4) is 11.1 Å². The first-order valence-electron chi connectivity index (χ1n) is 9.47. The van der Waals surface area contributed by atoms with Gasteiger partial charge in [0.05, 0.1) is 0 Å². The van der Waals surface area contributed by atoms with Crippen molar-refractivity contribution in [3.63, 3.8) is 0 Å².